The first-order valence-electron chi connectivity index (χ1n) is 9.31. The number of hydrogen-bond acceptors (Lipinski definition) is 6. The lowest BCUT2D eigenvalue weighted by molar-refractivity contribution is -0.119. The third-order valence-corrected chi connectivity index (χ3v) is 6.08. The molecule has 0 spiro atoms. The van der Waals surface area contributed by atoms with Crippen LogP contribution in [0.5, 0.6) is 0 Å². The van der Waals surface area contributed by atoms with Gasteiger partial charge in [-0.05, 0) is 37.8 Å². The fraction of sp³-hybridized carbons (Fsp3) is 0.350. The van der Waals surface area contributed by atoms with E-state index < -0.39 is 5.54 Å². The number of nitrogens with one attached hydrogen (secondary N) is 1. The van der Waals surface area contributed by atoms with E-state index in [0.717, 1.165) is 12.8 Å². The predicted octanol–water partition coefficient (Wildman–Crippen LogP) is 2.13. The number of aromatic nitrogens is 4. The first-order valence-corrected chi connectivity index (χ1v) is 10.3. The number of nitrogens with zero attached hydrogens (tertiary/aromatic N) is 5. The number of thioether (sulfide) groups is 1. The molecule has 2 heterocycles. The smallest absolute Gasteiger partial charge is 0.263 e. The van der Waals surface area contributed by atoms with Crippen LogP contribution in [0.25, 0.3) is 16.7 Å². The van der Waals surface area contributed by atoms with E-state index in [2.05, 4.69) is 28.2 Å². The van der Waals surface area contributed by atoms with Gasteiger partial charge in [-0.15, -0.1) is 16.8 Å². The van der Waals surface area contributed by atoms with Gasteiger partial charge in [-0.2, -0.15) is 5.26 Å². The molecule has 0 aliphatic heterocycles. The van der Waals surface area contributed by atoms with E-state index in [-0.39, 0.29) is 23.1 Å². The van der Waals surface area contributed by atoms with Gasteiger partial charge in [0.05, 0.1) is 22.7 Å². The van der Waals surface area contributed by atoms with Gasteiger partial charge in [0.15, 0.2) is 5.16 Å². The molecule has 1 saturated carbocycles. The van der Waals surface area contributed by atoms with Crippen LogP contribution >= 0.6 is 11.8 Å². The number of nitriles is 1. The summed E-state index contributed by atoms with van der Waals surface area (Å²) in [6, 6.07) is 9.45. The number of allylic oxidation sites excluding steroid dienone is 1. The van der Waals surface area contributed by atoms with Gasteiger partial charge in [-0.3, -0.25) is 18.6 Å². The topological polar surface area (TPSA) is 105 Å². The van der Waals surface area contributed by atoms with Gasteiger partial charge in [0.25, 0.3) is 5.56 Å². The Kier molecular flexibility index (Phi) is 4.88. The maximum absolute atomic E-state index is 12.8. The zero-order valence-corrected chi connectivity index (χ0v) is 16.8. The summed E-state index contributed by atoms with van der Waals surface area (Å²) in [7, 11) is 0. The number of para-hydroxylation sites is 1. The highest BCUT2D eigenvalue weighted by Gasteiger charge is 2.43. The van der Waals surface area contributed by atoms with Gasteiger partial charge in [-0.25, -0.2) is 0 Å². The lowest BCUT2D eigenvalue weighted by Gasteiger charge is -2.22. The van der Waals surface area contributed by atoms with Crippen LogP contribution in [0.15, 0.2) is 46.9 Å². The number of hydrogen-bond donors (Lipinski definition) is 1. The van der Waals surface area contributed by atoms with Crippen molar-refractivity contribution in [3.8, 4) is 6.07 Å². The van der Waals surface area contributed by atoms with Crippen LogP contribution in [-0.2, 0) is 11.3 Å². The Bertz CT molecular complexity index is 1220. The fourth-order valence-electron chi connectivity index (χ4n) is 3.46. The standard InChI is InChI=1S/C20H20N6O2S/c1-3-10-25-17(28)14-6-4-5-7-15(14)26-18(25)23-24-19(26)29-11-16(27)22-20(2,12-21)13-8-9-13/h3-7,13H,1,8-11H2,2H3,(H,22,27)/t20-/m0/s1. The van der Waals surface area contributed by atoms with Crippen LogP contribution in [0.4, 0.5) is 0 Å². The zero-order valence-electron chi connectivity index (χ0n) is 16.0. The minimum Gasteiger partial charge on any atom is -0.337 e. The van der Waals surface area contributed by atoms with Crippen LogP contribution in [0.2, 0.25) is 0 Å². The molecular weight excluding hydrogens is 388 g/mol. The molecule has 8 nitrogen and oxygen atoms in total. The molecule has 0 bridgehead atoms. The second-order valence-corrected chi connectivity index (χ2v) is 8.21. The monoisotopic (exact) mass is 408 g/mol. The van der Waals surface area contributed by atoms with Gasteiger partial charge in [-0.1, -0.05) is 30.0 Å². The Labute approximate surface area is 171 Å². The molecule has 1 N–H and O–H groups in total. The van der Waals surface area contributed by atoms with Crippen molar-refractivity contribution < 1.29 is 4.79 Å². The van der Waals surface area contributed by atoms with Gasteiger partial charge in [0.1, 0.15) is 5.54 Å². The summed E-state index contributed by atoms with van der Waals surface area (Å²) in [5.41, 5.74) is -0.314. The summed E-state index contributed by atoms with van der Waals surface area (Å²) < 4.78 is 3.29. The molecule has 1 aliphatic rings. The first-order chi connectivity index (χ1) is 14.0. The molecular formula is C20H20N6O2S. The van der Waals surface area contributed by atoms with Crippen molar-refractivity contribution >= 4 is 34.3 Å². The maximum Gasteiger partial charge on any atom is 0.263 e. The third-order valence-electron chi connectivity index (χ3n) is 5.15. The number of carbonyl (C=O) groups excluding carboxylic acids is 1. The van der Waals surface area contributed by atoms with E-state index in [1.54, 1.807) is 29.5 Å². The van der Waals surface area contributed by atoms with Crippen LogP contribution in [-0.4, -0.2) is 36.4 Å². The van der Waals surface area contributed by atoms with E-state index in [1.807, 2.05) is 12.1 Å². The Morgan fingerprint density at radius 2 is 2.21 bits per heavy atom. The van der Waals surface area contributed by atoms with Crippen molar-refractivity contribution in [3.63, 3.8) is 0 Å². The SMILES string of the molecule is C=CCn1c(=O)c2ccccc2n2c(SCC(=O)N[C@@](C)(C#N)C3CC3)nnc12. The maximum atomic E-state index is 12.8. The van der Waals surface area contributed by atoms with Crippen molar-refractivity contribution in [2.75, 3.05) is 5.75 Å². The number of benzene rings is 1. The normalized spacial score (nSPS) is 15.7. The van der Waals surface area contributed by atoms with Crippen LogP contribution < -0.4 is 10.9 Å². The molecule has 29 heavy (non-hydrogen) atoms. The highest BCUT2D eigenvalue weighted by Crippen LogP contribution is 2.39. The number of fused-ring (bicyclic) bond motifs is 3. The molecule has 9 heteroatoms. The molecule has 1 aliphatic carbocycles. The second-order valence-electron chi connectivity index (χ2n) is 7.26. The van der Waals surface area contributed by atoms with Gasteiger partial charge >= 0.3 is 0 Å². The number of rotatable bonds is 7. The summed E-state index contributed by atoms with van der Waals surface area (Å²) in [4.78, 5) is 25.3. The van der Waals surface area contributed by atoms with E-state index in [0.29, 0.717) is 28.4 Å². The molecule has 148 valence electrons. The Morgan fingerprint density at radius 3 is 2.90 bits per heavy atom. The molecule has 3 aromatic rings. The Balaban J connectivity index is 1.67. The van der Waals surface area contributed by atoms with Crippen molar-refractivity contribution in [1.29, 1.82) is 5.26 Å². The van der Waals surface area contributed by atoms with Crippen molar-refractivity contribution in [2.24, 2.45) is 5.92 Å². The van der Waals surface area contributed by atoms with E-state index in [9.17, 15) is 14.9 Å². The van der Waals surface area contributed by atoms with Gasteiger partial charge in [0.2, 0.25) is 11.7 Å². The highest BCUT2D eigenvalue weighted by molar-refractivity contribution is 7.99. The zero-order chi connectivity index (χ0) is 20.6. The number of carbonyl (C=O) groups is 1. The summed E-state index contributed by atoms with van der Waals surface area (Å²) >= 11 is 1.22. The van der Waals surface area contributed by atoms with Gasteiger partial charge in [0, 0.05) is 6.54 Å². The van der Waals surface area contributed by atoms with E-state index >= 15 is 0 Å². The molecule has 4 rings (SSSR count). The first kappa shape index (κ1) is 19.2. The van der Waals surface area contributed by atoms with Crippen LogP contribution in [0.1, 0.15) is 19.8 Å². The average molecular weight is 408 g/mol. The fourth-order valence-corrected chi connectivity index (χ4v) is 4.20. The largest absolute Gasteiger partial charge is 0.337 e. The summed E-state index contributed by atoms with van der Waals surface area (Å²) in [6.07, 6.45) is 3.55. The second kappa shape index (κ2) is 7.37. The number of amides is 1. The molecule has 2 aromatic heterocycles. The van der Waals surface area contributed by atoms with E-state index in [4.69, 9.17) is 0 Å². The van der Waals surface area contributed by atoms with Crippen molar-refractivity contribution in [1.82, 2.24) is 24.5 Å². The molecule has 1 atom stereocenters. The molecule has 1 aromatic carbocycles. The van der Waals surface area contributed by atoms with Crippen molar-refractivity contribution in [3.05, 3.63) is 47.3 Å². The lowest BCUT2D eigenvalue weighted by Crippen LogP contribution is -2.47. The summed E-state index contributed by atoms with van der Waals surface area (Å²) in [5.74, 6) is 0.482. The highest BCUT2D eigenvalue weighted by atomic mass is 32.2. The lowest BCUT2D eigenvalue weighted by atomic mass is 9.98. The predicted molar refractivity (Wildman–Crippen MR) is 111 cm³/mol. The Hall–Kier alpha value is -3.12. The van der Waals surface area contributed by atoms with Gasteiger partial charge < -0.3 is 5.32 Å². The average Bonchev–Trinajstić information content (AvgIpc) is 3.50. The van der Waals surface area contributed by atoms with Crippen LogP contribution in [0.3, 0.4) is 0 Å². The van der Waals surface area contributed by atoms with Crippen molar-refractivity contribution in [2.45, 2.75) is 37.0 Å². The van der Waals surface area contributed by atoms with Crippen LogP contribution in [0, 0.1) is 17.2 Å². The third kappa shape index (κ3) is 3.40. The molecule has 1 fully saturated rings. The molecule has 0 saturated heterocycles. The quantitative estimate of drug-likeness (QED) is 0.474. The summed E-state index contributed by atoms with van der Waals surface area (Å²) in [5, 5.41) is 21.7. The summed E-state index contributed by atoms with van der Waals surface area (Å²) in [6.45, 7) is 5.78. The Morgan fingerprint density at radius 1 is 1.45 bits per heavy atom. The molecule has 1 amide bonds. The minimum atomic E-state index is -0.832. The van der Waals surface area contributed by atoms with E-state index in [1.165, 1.54) is 16.3 Å². The minimum absolute atomic E-state index is 0.0969. The molecule has 0 unspecified atom stereocenters. The molecule has 0 radical (unpaired) electrons.